The minimum Gasteiger partial charge on any atom is -0.475 e. The number of nitriles is 1. The Balaban J connectivity index is 0.000000540. The molecule has 8 nitrogen and oxygen atoms in total. The van der Waals surface area contributed by atoms with E-state index in [-0.39, 0.29) is 45.1 Å². The molecule has 0 atom stereocenters. The van der Waals surface area contributed by atoms with Crippen LogP contribution in [0.5, 0.6) is 11.5 Å². The number of aromatic amines is 1. The number of hydrogen-bond donors (Lipinski definition) is 3. The van der Waals surface area contributed by atoms with Crippen LogP contribution in [0.2, 0.25) is 10.0 Å². The summed E-state index contributed by atoms with van der Waals surface area (Å²) in [5.41, 5.74) is 0.795. The van der Waals surface area contributed by atoms with Gasteiger partial charge in [0.25, 0.3) is 5.91 Å². The van der Waals surface area contributed by atoms with Crippen LogP contribution in [0.25, 0.3) is 0 Å². The summed E-state index contributed by atoms with van der Waals surface area (Å²) in [4.78, 5) is 23.8. The summed E-state index contributed by atoms with van der Waals surface area (Å²) in [6.45, 7) is -0.0695. The smallest absolute Gasteiger partial charge is 0.475 e. The topological polar surface area (TPSA) is 119 Å². The Kier molecular flexibility index (Phi) is 9.05. The van der Waals surface area contributed by atoms with Crippen LogP contribution >= 0.6 is 23.2 Å². The van der Waals surface area contributed by atoms with Crippen molar-refractivity contribution < 1.29 is 41.6 Å². The molecule has 3 aromatic rings. The van der Waals surface area contributed by atoms with Gasteiger partial charge in [-0.25, -0.2) is 18.7 Å². The van der Waals surface area contributed by atoms with Gasteiger partial charge in [0.2, 0.25) is 12.0 Å². The molecule has 0 saturated carbocycles. The van der Waals surface area contributed by atoms with Gasteiger partial charge >= 0.3 is 12.1 Å². The summed E-state index contributed by atoms with van der Waals surface area (Å²) >= 11 is 12.0. The number of imidazole rings is 1. The van der Waals surface area contributed by atoms with Crippen molar-refractivity contribution >= 4 is 35.1 Å². The van der Waals surface area contributed by atoms with E-state index in [1.807, 2.05) is 6.07 Å². The minimum absolute atomic E-state index is 0.0439. The van der Waals surface area contributed by atoms with Crippen molar-refractivity contribution in [1.82, 2.24) is 10.3 Å². The maximum Gasteiger partial charge on any atom is 0.490 e. The number of carboxylic acids is 1. The molecule has 0 unspecified atom stereocenters. The van der Waals surface area contributed by atoms with Gasteiger partial charge in [-0.1, -0.05) is 29.3 Å². The molecule has 0 spiro atoms. The molecule has 184 valence electrons. The normalized spacial score (nSPS) is 10.6. The number of carboxylic acid groups (broad SMARTS) is 1. The van der Waals surface area contributed by atoms with Gasteiger partial charge in [0.15, 0.2) is 11.6 Å². The third-order valence-corrected chi connectivity index (χ3v) is 4.55. The summed E-state index contributed by atoms with van der Waals surface area (Å²) in [6.07, 6.45) is -1.86. The van der Waals surface area contributed by atoms with E-state index in [9.17, 15) is 22.4 Å². The first-order valence-electron chi connectivity index (χ1n) is 9.29. The predicted molar refractivity (Wildman–Crippen MR) is 114 cm³/mol. The number of nitrogens with one attached hydrogen (secondary N) is 2. The maximum absolute atomic E-state index is 14.9. The van der Waals surface area contributed by atoms with Crippen LogP contribution in [-0.4, -0.2) is 28.1 Å². The lowest BCUT2D eigenvalue weighted by atomic mass is 10.2. The van der Waals surface area contributed by atoms with Crippen LogP contribution in [0.4, 0.5) is 17.6 Å². The molecule has 3 rings (SSSR count). The zero-order chi connectivity index (χ0) is 26.3. The molecule has 3 N–H and O–H groups in total. The molecule has 35 heavy (non-hydrogen) atoms. The van der Waals surface area contributed by atoms with E-state index in [0.29, 0.717) is 5.69 Å². The van der Waals surface area contributed by atoms with Crippen molar-refractivity contribution in [2.45, 2.75) is 12.7 Å². The van der Waals surface area contributed by atoms with Crippen molar-refractivity contribution in [3.8, 4) is 17.6 Å². The molecule has 1 heterocycles. The first-order chi connectivity index (χ1) is 16.3. The first kappa shape index (κ1) is 27.4. The first-order valence-corrected chi connectivity index (χ1v) is 10.0. The number of rotatable bonds is 5. The summed E-state index contributed by atoms with van der Waals surface area (Å²) in [7, 11) is 1.77. The number of benzene rings is 2. The van der Waals surface area contributed by atoms with E-state index in [1.165, 1.54) is 30.3 Å². The van der Waals surface area contributed by atoms with Gasteiger partial charge in [-0.2, -0.15) is 18.4 Å². The number of ether oxygens (including phenoxy) is 1. The fraction of sp³-hybridized carbons (Fsp3) is 0.143. The Bertz CT molecular complexity index is 1290. The maximum atomic E-state index is 14.9. The number of hydrogen-bond acceptors (Lipinski definition) is 4. The van der Waals surface area contributed by atoms with E-state index >= 15 is 0 Å². The van der Waals surface area contributed by atoms with E-state index in [1.54, 1.807) is 24.1 Å². The molecule has 2 aromatic carbocycles. The second-order valence-electron chi connectivity index (χ2n) is 6.71. The average Bonchev–Trinajstić information content (AvgIpc) is 3.21. The number of aromatic nitrogens is 2. The zero-order valence-electron chi connectivity index (χ0n) is 17.6. The molecule has 0 saturated heterocycles. The van der Waals surface area contributed by atoms with Gasteiger partial charge in [-0.15, -0.1) is 0 Å². The molecule has 0 aliphatic rings. The van der Waals surface area contributed by atoms with E-state index in [0.717, 1.165) is 0 Å². The van der Waals surface area contributed by atoms with Crippen LogP contribution < -0.4 is 14.6 Å². The van der Waals surface area contributed by atoms with Crippen LogP contribution in [0, 0.1) is 17.1 Å². The van der Waals surface area contributed by atoms with Crippen molar-refractivity contribution in [2.75, 3.05) is 0 Å². The summed E-state index contributed by atoms with van der Waals surface area (Å²) < 4.78 is 53.8. The highest BCUT2D eigenvalue weighted by atomic mass is 35.5. The van der Waals surface area contributed by atoms with Crippen molar-refractivity contribution in [2.24, 2.45) is 7.05 Å². The highest BCUT2D eigenvalue weighted by molar-refractivity contribution is 6.32. The molecule has 0 bridgehead atoms. The van der Waals surface area contributed by atoms with Gasteiger partial charge in [-0.05, 0) is 24.3 Å². The van der Waals surface area contributed by atoms with E-state index in [4.69, 9.17) is 43.1 Å². The van der Waals surface area contributed by atoms with Crippen molar-refractivity contribution in [3.63, 3.8) is 0 Å². The molecule has 1 aromatic heterocycles. The summed E-state index contributed by atoms with van der Waals surface area (Å²) in [5.74, 6) is -3.91. The van der Waals surface area contributed by atoms with E-state index in [2.05, 4.69) is 10.3 Å². The Morgan fingerprint density at radius 2 is 1.91 bits per heavy atom. The fourth-order valence-electron chi connectivity index (χ4n) is 2.45. The number of halogens is 6. The summed E-state index contributed by atoms with van der Waals surface area (Å²) in [5, 5.41) is 19.1. The Morgan fingerprint density at radius 3 is 2.46 bits per heavy atom. The monoisotopic (exact) mass is 533 g/mol. The number of alkyl halides is 3. The number of aryl methyl sites for hydroxylation is 1. The Hall–Kier alpha value is -3.82. The predicted octanol–water partition coefficient (Wildman–Crippen LogP) is 4.51. The molecule has 1 amide bonds. The molecule has 14 heteroatoms. The third-order valence-electron chi connectivity index (χ3n) is 4.03. The van der Waals surface area contributed by atoms with Crippen molar-refractivity contribution in [3.05, 3.63) is 75.5 Å². The van der Waals surface area contributed by atoms with Gasteiger partial charge in [0, 0.05) is 17.1 Å². The van der Waals surface area contributed by atoms with Gasteiger partial charge < -0.3 is 15.2 Å². The molecule has 0 fully saturated rings. The Labute approximate surface area is 205 Å². The van der Waals surface area contributed by atoms with Gasteiger partial charge in [0.1, 0.15) is 11.9 Å². The van der Waals surface area contributed by atoms with Crippen LogP contribution in [-0.2, 0) is 18.4 Å². The van der Waals surface area contributed by atoms with Crippen LogP contribution in [0.15, 0.2) is 42.9 Å². The highest BCUT2D eigenvalue weighted by Gasteiger charge is 2.38. The molecule has 0 aliphatic heterocycles. The van der Waals surface area contributed by atoms with Gasteiger partial charge in [-0.3, -0.25) is 4.79 Å². The molecular formula is C21H15Cl2F4N4O4+. The highest BCUT2D eigenvalue weighted by Crippen LogP contribution is 2.35. The lowest BCUT2D eigenvalue weighted by Gasteiger charge is -2.12. The molecule has 0 radical (unpaired) electrons. The standard InChI is InChI=1S/C19H13Cl2FN4O2.C2HF3O2/c1-26-9-16(25-10-26)19(27)24-8-12-2-3-15(21)18(17(12)22)28-14-5-11(7-23)4-13(20)6-14;3-2(4,5)1(6)7/h2-6,9-10H,8H2,1H3,(H,24,27);(H,6,7)/p+1. The summed E-state index contributed by atoms with van der Waals surface area (Å²) in [6, 6.07) is 9.18. The largest absolute Gasteiger partial charge is 0.490 e. The quantitative estimate of drug-likeness (QED) is 0.329. The lowest BCUT2D eigenvalue weighted by Crippen LogP contribution is -2.26. The Morgan fingerprint density at radius 1 is 1.26 bits per heavy atom. The minimum atomic E-state index is -5.08. The number of aliphatic carboxylic acids is 1. The molecule has 0 aliphatic carbocycles. The number of H-pyrrole nitrogens is 1. The fourth-order valence-corrected chi connectivity index (χ4v) is 2.86. The second-order valence-corrected chi connectivity index (χ2v) is 7.55. The number of carbonyl (C=O) groups is 2. The number of nitrogens with zero attached hydrogens (tertiary/aromatic N) is 2. The third kappa shape index (κ3) is 7.87. The molecular weight excluding hydrogens is 519 g/mol. The average molecular weight is 534 g/mol. The number of amides is 1. The SMILES string of the molecule is C[n+]1c[nH]c(C(=O)NCc2ccc(Cl)c(Oc3cc(Cl)cc(C#N)c3)c2F)c1.O=C(O)C(F)(F)F. The van der Waals surface area contributed by atoms with Gasteiger partial charge in [0.05, 0.1) is 23.7 Å². The van der Waals surface area contributed by atoms with Crippen LogP contribution in [0.3, 0.4) is 0 Å². The number of carbonyl (C=O) groups excluding carboxylic acids is 1. The lowest BCUT2D eigenvalue weighted by molar-refractivity contribution is -0.670. The second kappa shape index (κ2) is 11.5. The van der Waals surface area contributed by atoms with Crippen LogP contribution in [0.1, 0.15) is 21.6 Å². The van der Waals surface area contributed by atoms with E-state index < -0.39 is 18.0 Å². The zero-order valence-corrected chi connectivity index (χ0v) is 19.1. The van der Waals surface area contributed by atoms with Crippen molar-refractivity contribution in [1.29, 1.82) is 5.26 Å².